The molecule has 2 aromatic rings. The Balaban J connectivity index is 1.41. The number of fused-ring (bicyclic) bond motifs is 1. The number of carbonyl (C=O) groups excluding carboxylic acids is 1. The van der Waals surface area contributed by atoms with Gasteiger partial charge in [-0.05, 0) is 45.4 Å². The average Bonchev–Trinajstić information content (AvgIpc) is 3.37. The molecule has 0 bridgehead atoms. The van der Waals surface area contributed by atoms with Crippen LogP contribution in [0.1, 0.15) is 51.8 Å². The number of rotatable bonds is 4. The minimum Gasteiger partial charge on any atom is -0.444 e. The molecular weight excluding hydrogens is 468 g/mol. The summed E-state index contributed by atoms with van der Waals surface area (Å²) in [4.78, 5) is 34.9. The fourth-order valence-electron chi connectivity index (χ4n) is 4.61. The highest BCUT2D eigenvalue weighted by molar-refractivity contribution is 6.20. The first kappa shape index (κ1) is 26.4. The van der Waals surface area contributed by atoms with Crippen LogP contribution in [0.5, 0.6) is 0 Å². The molecule has 1 aliphatic carbocycles. The molecule has 0 atom stereocenters. The standard InChI is InChI=1S/C27H38N8O2/c1-8-22-30-20-16-18(3)23(24(20)35(22)9-2)32-25(28-7)31-21-11-10-19(17-29-21)33-12-14-34(15-13-33)26(36)37-27(4,5)6/h10-11,17H,3,8-9,12-16H2,1-2,4-7H3,(H,28,29,31). The molecule has 2 aliphatic rings. The average molecular weight is 507 g/mol. The van der Waals surface area contributed by atoms with Gasteiger partial charge in [0.1, 0.15) is 17.2 Å². The largest absolute Gasteiger partial charge is 0.444 e. The number of piperazine rings is 1. The van der Waals surface area contributed by atoms with Gasteiger partial charge in [0.2, 0.25) is 5.96 Å². The number of amides is 1. The van der Waals surface area contributed by atoms with E-state index in [1.165, 1.54) is 0 Å². The number of aromatic nitrogens is 3. The quantitative estimate of drug-likeness (QED) is 0.498. The lowest BCUT2D eigenvalue weighted by molar-refractivity contribution is 0.0240. The number of pyridine rings is 1. The molecular formula is C27H38N8O2. The number of imidazole rings is 1. The number of anilines is 2. The van der Waals surface area contributed by atoms with E-state index in [-0.39, 0.29) is 6.09 Å². The van der Waals surface area contributed by atoms with Gasteiger partial charge in [-0.25, -0.2) is 19.8 Å². The molecule has 10 heteroatoms. The first-order valence-corrected chi connectivity index (χ1v) is 12.9. The zero-order valence-electron chi connectivity index (χ0n) is 22.8. The Morgan fingerprint density at radius 2 is 1.92 bits per heavy atom. The third-order valence-corrected chi connectivity index (χ3v) is 6.41. The van der Waals surface area contributed by atoms with E-state index in [1.54, 1.807) is 11.9 Å². The lowest BCUT2D eigenvalue weighted by atomic mass is 10.2. The molecule has 0 saturated carbocycles. The zero-order chi connectivity index (χ0) is 26.7. The van der Waals surface area contributed by atoms with Crippen LogP contribution >= 0.6 is 0 Å². The number of guanidine groups is 1. The Bertz CT molecular complexity index is 1210. The summed E-state index contributed by atoms with van der Waals surface area (Å²) in [6.07, 6.45) is 3.15. The third kappa shape index (κ3) is 5.84. The van der Waals surface area contributed by atoms with Crippen LogP contribution in [-0.4, -0.2) is 76.0 Å². The first-order valence-electron chi connectivity index (χ1n) is 12.9. The highest BCUT2D eigenvalue weighted by Gasteiger charge is 2.29. The van der Waals surface area contributed by atoms with Crippen molar-refractivity contribution in [1.29, 1.82) is 0 Å². The van der Waals surface area contributed by atoms with Crippen molar-refractivity contribution in [2.75, 3.05) is 43.4 Å². The molecule has 1 N–H and O–H groups in total. The van der Waals surface area contributed by atoms with Gasteiger partial charge in [-0.3, -0.25) is 4.99 Å². The molecule has 0 spiro atoms. The monoisotopic (exact) mass is 506 g/mol. The van der Waals surface area contributed by atoms with E-state index >= 15 is 0 Å². The Morgan fingerprint density at radius 1 is 1.19 bits per heavy atom. The third-order valence-electron chi connectivity index (χ3n) is 6.41. The highest BCUT2D eigenvalue weighted by atomic mass is 16.6. The number of hydrogen-bond acceptors (Lipinski definition) is 6. The Morgan fingerprint density at radius 3 is 2.49 bits per heavy atom. The number of nitrogens with zero attached hydrogens (tertiary/aromatic N) is 7. The first-order chi connectivity index (χ1) is 17.6. The van der Waals surface area contributed by atoms with Crippen molar-refractivity contribution in [2.24, 2.45) is 9.98 Å². The predicted octanol–water partition coefficient (Wildman–Crippen LogP) is 3.92. The number of hydrogen-bond donors (Lipinski definition) is 1. The summed E-state index contributed by atoms with van der Waals surface area (Å²) in [5.41, 5.74) is 4.36. The van der Waals surface area contributed by atoms with E-state index in [4.69, 9.17) is 14.7 Å². The van der Waals surface area contributed by atoms with Gasteiger partial charge in [-0.1, -0.05) is 13.5 Å². The number of carbonyl (C=O) groups is 1. The van der Waals surface area contributed by atoms with Gasteiger partial charge in [0, 0.05) is 52.6 Å². The SMILES string of the molecule is C=C1Cc2nc(CC)n(CC)c2C1=NC(=NC)Nc1ccc(N2CCN(C(=O)OC(C)(C)C)CC2)cn1. The maximum atomic E-state index is 12.3. The Hall–Kier alpha value is -3.69. The lowest BCUT2D eigenvalue weighted by Gasteiger charge is -2.36. The van der Waals surface area contributed by atoms with E-state index in [9.17, 15) is 4.79 Å². The van der Waals surface area contributed by atoms with Crippen LogP contribution in [0.15, 0.2) is 40.5 Å². The molecule has 2 aromatic heterocycles. The van der Waals surface area contributed by atoms with Crippen molar-refractivity contribution < 1.29 is 9.53 Å². The normalized spacial score (nSPS) is 17.4. The molecule has 37 heavy (non-hydrogen) atoms. The van der Waals surface area contributed by atoms with E-state index < -0.39 is 5.60 Å². The van der Waals surface area contributed by atoms with Crippen LogP contribution in [0.25, 0.3) is 0 Å². The second-order valence-electron chi connectivity index (χ2n) is 10.2. The molecule has 10 nitrogen and oxygen atoms in total. The van der Waals surface area contributed by atoms with Gasteiger partial charge >= 0.3 is 6.09 Å². The molecule has 1 saturated heterocycles. The van der Waals surface area contributed by atoms with Gasteiger partial charge in [0.25, 0.3) is 0 Å². The second kappa shape index (κ2) is 10.7. The molecule has 0 aromatic carbocycles. The van der Waals surface area contributed by atoms with Crippen molar-refractivity contribution in [2.45, 2.75) is 59.6 Å². The number of aryl methyl sites for hydroxylation is 1. The van der Waals surface area contributed by atoms with Crippen molar-refractivity contribution in [3.8, 4) is 0 Å². The molecule has 0 unspecified atom stereocenters. The lowest BCUT2D eigenvalue weighted by Crippen LogP contribution is -2.50. The van der Waals surface area contributed by atoms with Crippen LogP contribution in [-0.2, 0) is 24.1 Å². The van der Waals surface area contributed by atoms with E-state index in [1.807, 2.05) is 39.1 Å². The number of nitrogens with one attached hydrogen (secondary N) is 1. The Kier molecular flexibility index (Phi) is 7.65. The second-order valence-corrected chi connectivity index (χ2v) is 10.2. The molecule has 198 valence electrons. The highest BCUT2D eigenvalue weighted by Crippen LogP contribution is 2.28. The molecule has 0 radical (unpaired) electrons. The van der Waals surface area contributed by atoms with E-state index in [0.717, 1.165) is 60.2 Å². The maximum Gasteiger partial charge on any atom is 0.410 e. The summed E-state index contributed by atoms with van der Waals surface area (Å²) in [5, 5.41) is 3.23. The molecule has 1 fully saturated rings. The minimum absolute atomic E-state index is 0.261. The van der Waals surface area contributed by atoms with Crippen LogP contribution in [0.4, 0.5) is 16.3 Å². The summed E-state index contributed by atoms with van der Waals surface area (Å²) in [7, 11) is 1.71. The van der Waals surface area contributed by atoms with Crippen molar-refractivity contribution in [3.63, 3.8) is 0 Å². The summed E-state index contributed by atoms with van der Waals surface area (Å²) in [6, 6.07) is 3.94. The Labute approximate surface area is 219 Å². The predicted molar refractivity (Wildman–Crippen MR) is 148 cm³/mol. The summed E-state index contributed by atoms with van der Waals surface area (Å²) in [6.45, 7) is 17.6. The van der Waals surface area contributed by atoms with Gasteiger partial charge in [-0.15, -0.1) is 0 Å². The molecule has 4 rings (SSSR count). The maximum absolute atomic E-state index is 12.3. The van der Waals surface area contributed by atoms with Crippen LogP contribution in [0.2, 0.25) is 0 Å². The van der Waals surface area contributed by atoms with Crippen LogP contribution in [0, 0.1) is 0 Å². The summed E-state index contributed by atoms with van der Waals surface area (Å²) >= 11 is 0. The van der Waals surface area contributed by atoms with Gasteiger partial charge in [-0.2, -0.15) is 0 Å². The van der Waals surface area contributed by atoms with Crippen LogP contribution < -0.4 is 10.2 Å². The van der Waals surface area contributed by atoms with Gasteiger partial charge < -0.3 is 24.4 Å². The molecule has 3 heterocycles. The summed E-state index contributed by atoms with van der Waals surface area (Å²) < 4.78 is 7.71. The smallest absolute Gasteiger partial charge is 0.410 e. The minimum atomic E-state index is -0.491. The van der Waals surface area contributed by atoms with E-state index in [2.05, 4.69) is 45.2 Å². The molecule has 1 aliphatic heterocycles. The van der Waals surface area contributed by atoms with Crippen molar-refractivity contribution >= 4 is 29.3 Å². The topological polar surface area (TPSA) is 100 Å². The van der Waals surface area contributed by atoms with Crippen molar-refractivity contribution in [1.82, 2.24) is 19.4 Å². The fraction of sp³-hybridized carbons (Fsp3) is 0.519. The number of allylic oxidation sites excluding steroid dienone is 1. The number of aliphatic imine (C=N–C) groups is 2. The van der Waals surface area contributed by atoms with Crippen LogP contribution in [0.3, 0.4) is 0 Å². The molecule has 1 amide bonds. The van der Waals surface area contributed by atoms with E-state index in [0.29, 0.717) is 31.3 Å². The van der Waals surface area contributed by atoms with Crippen molar-refractivity contribution in [3.05, 3.63) is 47.7 Å². The zero-order valence-corrected chi connectivity index (χ0v) is 22.8. The fourth-order valence-corrected chi connectivity index (χ4v) is 4.61. The van der Waals surface area contributed by atoms with Gasteiger partial charge in [0.15, 0.2) is 0 Å². The summed E-state index contributed by atoms with van der Waals surface area (Å²) in [5.74, 6) is 2.19. The van der Waals surface area contributed by atoms with Gasteiger partial charge in [0.05, 0.1) is 29.0 Å². The number of ether oxygens (including phenoxy) is 1.